The molecule has 2 N–H and O–H groups in total. The highest BCUT2D eigenvalue weighted by atomic mass is 32.2. The van der Waals surface area contributed by atoms with E-state index < -0.39 is 0 Å². The summed E-state index contributed by atoms with van der Waals surface area (Å²) >= 11 is 1.99. The van der Waals surface area contributed by atoms with Gasteiger partial charge in [0, 0.05) is 31.3 Å². The smallest absolute Gasteiger partial charge is 0.0445 e. The van der Waals surface area contributed by atoms with E-state index in [0.717, 1.165) is 13.1 Å². The summed E-state index contributed by atoms with van der Waals surface area (Å²) in [5.74, 6) is 2.48. The van der Waals surface area contributed by atoms with E-state index >= 15 is 0 Å². The molecule has 1 saturated heterocycles. The number of rotatable bonds is 2. The van der Waals surface area contributed by atoms with E-state index in [-0.39, 0.29) is 0 Å². The van der Waals surface area contributed by atoms with E-state index in [1.807, 2.05) is 11.8 Å². The first-order valence-electron chi connectivity index (χ1n) is 2.93. The largest absolute Gasteiger partial charge is 0.329 e. The molecule has 0 aromatic carbocycles. The maximum absolute atomic E-state index is 5.36. The standard InChI is InChI=1S/C5H12N2S/c6-1-2-7-3-4-8-5-7/h1-6H2. The Kier molecular flexibility index (Phi) is 2.66. The van der Waals surface area contributed by atoms with Crippen LogP contribution in [0, 0.1) is 0 Å². The van der Waals surface area contributed by atoms with Gasteiger partial charge in [-0.1, -0.05) is 0 Å². The van der Waals surface area contributed by atoms with Gasteiger partial charge in [-0.25, -0.2) is 0 Å². The van der Waals surface area contributed by atoms with E-state index in [4.69, 9.17) is 5.73 Å². The molecule has 1 aliphatic heterocycles. The molecule has 0 bridgehead atoms. The van der Waals surface area contributed by atoms with Crippen LogP contribution in [0.5, 0.6) is 0 Å². The predicted octanol–water partition coefficient (Wildman–Crippen LogP) is -0.0486. The summed E-state index contributed by atoms with van der Waals surface area (Å²) in [6.45, 7) is 3.12. The Labute approximate surface area is 54.4 Å². The molecule has 48 valence electrons. The van der Waals surface area contributed by atoms with E-state index in [0.29, 0.717) is 0 Å². The first-order valence-corrected chi connectivity index (χ1v) is 4.09. The summed E-state index contributed by atoms with van der Waals surface area (Å²) in [7, 11) is 0. The van der Waals surface area contributed by atoms with Crippen LogP contribution in [0.2, 0.25) is 0 Å². The van der Waals surface area contributed by atoms with Gasteiger partial charge in [0.25, 0.3) is 0 Å². The molecule has 1 rings (SSSR count). The van der Waals surface area contributed by atoms with Crippen molar-refractivity contribution in [2.75, 3.05) is 31.3 Å². The predicted molar refractivity (Wildman–Crippen MR) is 38.0 cm³/mol. The molecule has 2 nitrogen and oxygen atoms in total. The van der Waals surface area contributed by atoms with E-state index in [2.05, 4.69) is 4.90 Å². The van der Waals surface area contributed by atoms with Gasteiger partial charge in [-0.3, -0.25) is 4.90 Å². The van der Waals surface area contributed by atoms with Crippen molar-refractivity contribution in [1.29, 1.82) is 0 Å². The Morgan fingerprint density at radius 1 is 1.62 bits per heavy atom. The quantitative estimate of drug-likeness (QED) is 0.571. The van der Waals surface area contributed by atoms with Gasteiger partial charge in [0.1, 0.15) is 0 Å². The Morgan fingerprint density at radius 2 is 2.50 bits per heavy atom. The summed E-state index contributed by atoms with van der Waals surface area (Å²) in [5.41, 5.74) is 5.36. The van der Waals surface area contributed by atoms with Crippen LogP contribution in [0.15, 0.2) is 0 Å². The van der Waals surface area contributed by atoms with Gasteiger partial charge in [0.15, 0.2) is 0 Å². The zero-order valence-electron chi connectivity index (χ0n) is 4.97. The SMILES string of the molecule is NCCN1CCSC1. The second kappa shape index (κ2) is 3.33. The van der Waals surface area contributed by atoms with Crippen LogP contribution in [0.1, 0.15) is 0 Å². The molecule has 0 unspecified atom stereocenters. The molecule has 0 aromatic rings. The molecule has 8 heavy (non-hydrogen) atoms. The average Bonchev–Trinajstić information content (AvgIpc) is 2.19. The third-order valence-electron chi connectivity index (χ3n) is 1.27. The maximum atomic E-state index is 5.36. The zero-order valence-corrected chi connectivity index (χ0v) is 5.78. The fourth-order valence-electron chi connectivity index (χ4n) is 0.811. The van der Waals surface area contributed by atoms with Gasteiger partial charge in [0.05, 0.1) is 0 Å². The third kappa shape index (κ3) is 1.65. The van der Waals surface area contributed by atoms with Crippen LogP contribution in [0.4, 0.5) is 0 Å². The summed E-state index contributed by atoms with van der Waals surface area (Å²) in [4.78, 5) is 2.38. The van der Waals surface area contributed by atoms with Gasteiger partial charge in [-0.2, -0.15) is 0 Å². The number of nitrogens with zero attached hydrogens (tertiary/aromatic N) is 1. The van der Waals surface area contributed by atoms with Gasteiger partial charge >= 0.3 is 0 Å². The molecular formula is C5H12N2S. The minimum absolute atomic E-state index is 0.806. The van der Waals surface area contributed by atoms with Crippen LogP contribution >= 0.6 is 11.8 Å². The molecule has 0 aliphatic carbocycles. The fourth-order valence-corrected chi connectivity index (χ4v) is 1.84. The highest BCUT2D eigenvalue weighted by molar-refractivity contribution is 7.99. The first-order chi connectivity index (χ1) is 3.93. The molecule has 0 spiro atoms. The Balaban J connectivity index is 2.06. The molecule has 0 amide bonds. The average molecular weight is 132 g/mol. The van der Waals surface area contributed by atoms with Crippen molar-refractivity contribution in [2.45, 2.75) is 0 Å². The summed E-state index contributed by atoms with van der Waals surface area (Å²) in [5, 5.41) is 0. The van der Waals surface area contributed by atoms with Crippen LogP contribution in [-0.4, -0.2) is 36.2 Å². The lowest BCUT2D eigenvalue weighted by Crippen LogP contribution is -2.26. The molecule has 1 fully saturated rings. The van der Waals surface area contributed by atoms with E-state index in [9.17, 15) is 0 Å². The lowest BCUT2D eigenvalue weighted by molar-refractivity contribution is 0.366. The number of hydrogen-bond acceptors (Lipinski definition) is 3. The molecule has 1 aliphatic rings. The van der Waals surface area contributed by atoms with E-state index in [1.165, 1.54) is 18.2 Å². The number of thioether (sulfide) groups is 1. The zero-order chi connectivity index (χ0) is 5.82. The molecule has 1 heterocycles. The van der Waals surface area contributed by atoms with Crippen molar-refractivity contribution in [3.05, 3.63) is 0 Å². The Morgan fingerprint density at radius 3 is 3.00 bits per heavy atom. The second-order valence-corrected chi connectivity index (χ2v) is 3.02. The van der Waals surface area contributed by atoms with Crippen molar-refractivity contribution in [1.82, 2.24) is 4.90 Å². The molecule has 0 saturated carbocycles. The van der Waals surface area contributed by atoms with E-state index in [1.54, 1.807) is 0 Å². The molecule has 0 radical (unpaired) electrons. The van der Waals surface area contributed by atoms with Crippen LogP contribution < -0.4 is 5.73 Å². The monoisotopic (exact) mass is 132 g/mol. The molecule has 3 heteroatoms. The van der Waals surface area contributed by atoms with Gasteiger partial charge in [-0.15, -0.1) is 11.8 Å². The second-order valence-electron chi connectivity index (χ2n) is 1.94. The highest BCUT2D eigenvalue weighted by Crippen LogP contribution is 2.11. The van der Waals surface area contributed by atoms with Crippen LogP contribution in [0.3, 0.4) is 0 Å². The van der Waals surface area contributed by atoms with Crippen molar-refractivity contribution >= 4 is 11.8 Å². The summed E-state index contributed by atoms with van der Waals surface area (Å²) in [6, 6.07) is 0. The van der Waals surface area contributed by atoms with Gasteiger partial charge < -0.3 is 5.73 Å². The van der Waals surface area contributed by atoms with Gasteiger partial charge in [0.2, 0.25) is 0 Å². The van der Waals surface area contributed by atoms with Crippen molar-refractivity contribution < 1.29 is 0 Å². The summed E-state index contributed by atoms with van der Waals surface area (Å²) < 4.78 is 0. The third-order valence-corrected chi connectivity index (χ3v) is 2.29. The normalized spacial score (nSPS) is 22.1. The molecule has 0 aromatic heterocycles. The van der Waals surface area contributed by atoms with Gasteiger partial charge in [-0.05, 0) is 0 Å². The number of nitrogens with two attached hydrogens (primary N) is 1. The van der Waals surface area contributed by atoms with Crippen LogP contribution in [0.25, 0.3) is 0 Å². The topological polar surface area (TPSA) is 29.3 Å². The lowest BCUT2D eigenvalue weighted by atomic mass is 10.5. The van der Waals surface area contributed by atoms with Crippen molar-refractivity contribution in [3.63, 3.8) is 0 Å². The number of hydrogen-bond donors (Lipinski definition) is 1. The first kappa shape index (κ1) is 6.39. The summed E-state index contributed by atoms with van der Waals surface area (Å²) in [6.07, 6.45) is 0. The minimum atomic E-state index is 0.806. The fraction of sp³-hybridized carbons (Fsp3) is 1.00. The highest BCUT2D eigenvalue weighted by Gasteiger charge is 2.08. The molecular weight excluding hydrogens is 120 g/mol. The van der Waals surface area contributed by atoms with Crippen molar-refractivity contribution in [2.24, 2.45) is 5.73 Å². The minimum Gasteiger partial charge on any atom is -0.329 e. The Bertz CT molecular complexity index is 61.4. The molecule has 0 atom stereocenters. The van der Waals surface area contributed by atoms with Crippen molar-refractivity contribution in [3.8, 4) is 0 Å². The maximum Gasteiger partial charge on any atom is 0.0445 e. The lowest BCUT2D eigenvalue weighted by Gasteiger charge is -2.09. The van der Waals surface area contributed by atoms with Crippen LogP contribution in [-0.2, 0) is 0 Å². The Hall–Kier alpha value is 0.270.